The molecule has 1 aliphatic heterocycles. The molecule has 0 spiro atoms. The van der Waals surface area contributed by atoms with E-state index in [-0.39, 0.29) is 11.7 Å². The van der Waals surface area contributed by atoms with Crippen molar-refractivity contribution >= 4 is 22.4 Å². The highest BCUT2D eigenvalue weighted by Gasteiger charge is 2.20. The van der Waals surface area contributed by atoms with Gasteiger partial charge in [-0.25, -0.2) is 4.39 Å². The molecule has 3 nitrogen and oxygen atoms in total. The van der Waals surface area contributed by atoms with Gasteiger partial charge in [0.2, 0.25) is 0 Å². The normalized spacial score (nSPS) is 12.8. The summed E-state index contributed by atoms with van der Waals surface area (Å²) in [6.45, 7) is 3.90. The van der Waals surface area contributed by atoms with Crippen LogP contribution in [-0.4, -0.2) is 12.5 Å². The fraction of sp³-hybridized carbons (Fsp3) is 0.171. The molecule has 1 heterocycles. The molecule has 0 aromatic heterocycles. The number of anilines is 1. The van der Waals surface area contributed by atoms with Crippen molar-refractivity contribution in [2.24, 2.45) is 0 Å². The minimum atomic E-state index is -0.191. The Balaban J connectivity index is 1.18. The van der Waals surface area contributed by atoms with Crippen LogP contribution in [0.15, 0.2) is 103 Å². The predicted molar refractivity (Wildman–Crippen MR) is 158 cm³/mol. The summed E-state index contributed by atoms with van der Waals surface area (Å²) in [5, 5.41) is 5.42. The first-order chi connectivity index (χ1) is 19.0. The minimum Gasteiger partial charge on any atom is -0.367 e. The lowest BCUT2D eigenvalue weighted by Gasteiger charge is -2.32. The number of carbonyl (C=O) groups is 1. The van der Waals surface area contributed by atoms with Gasteiger partial charge in [0.15, 0.2) is 0 Å². The lowest BCUT2D eigenvalue weighted by molar-refractivity contribution is 0.0951. The van der Waals surface area contributed by atoms with Crippen molar-refractivity contribution in [3.63, 3.8) is 0 Å². The molecular weight excluding hydrogens is 483 g/mol. The molecule has 0 saturated carbocycles. The molecule has 194 valence electrons. The van der Waals surface area contributed by atoms with Crippen molar-refractivity contribution in [2.45, 2.75) is 32.9 Å². The molecule has 39 heavy (non-hydrogen) atoms. The van der Waals surface area contributed by atoms with Crippen molar-refractivity contribution in [1.29, 1.82) is 0 Å². The van der Waals surface area contributed by atoms with Crippen LogP contribution in [0, 0.1) is 12.7 Å². The Morgan fingerprint density at radius 1 is 0.872 bits per heavy atom. The molecule has 0 fully saturated rings. The number of halogens is 1. The van der Waals surface area contributed by atoms with Crippen LogP contribution in [0.4, 0.5) is 10.1 Å². The second-order valence-electron chi connectivity index (χ2n) is 10.4. The zero-order valence-electron chi connectivity index (χ0n) is 22.1. The lowest BCUT2D eigenvalue weighted by Crippen LogP contribution is -2.30. The van der Waals surface area contributed by atoms with Crippen molar-refractivity contribution in [3.05, 3.63) is 137 Å². The number of benzene rings is 5. The summed E-state index contributed by atoms with van der Waals surface area (Å²) in [5.74, 6) is -0.274. The van der Waals surface area contributed by atoms with Crippen molar-refractivity contribution in [3.8, 4) is 11.1 Å². The van der Waals surface area contributed by atoms with Gasteiger partial charge in [-0.3, -0.25) is 4.79 Å². The number of nitrogens with one attached hydrogen (secondary N) is 1. The molecule has 5 aromatic rings. The Morgan fingerprint density at radius 3 is 2.56 bits per heavy atom. The summed E-state index contributed by atoms with van der Waals surface area (Å²) in [7, 11) is 0. The van der Waals surface area contributed by atoms with Crippen LogP contribution in [0.3, 0.4) is 0 Å². The van der Waals surface area contributed by atoms with Gasteiger partial charge in [0.1, 0.15) is 5.82 Å². The van der Waals surface area contributed by atoms with E-state index in [4.69, 9.17) is 0 Å². The molecule has 0 unspecified atom stereocenters. The fourth-order valence-corrected chi connectivity index (χ4v) is 5.58. The van der Waals surface area contributed by atoms with E-state index in [2.05, 4.69) is 59.6 Å². The van der Waals surface area contributed by atoms with Crippen LogP contribution >= 0.6 is 0 Å². The third-order valence-corrected chi connectivity index (χ3v) is 7.69. The van der Waals surface area contributed by atoms with Gasteiger partial charge in [0.05, 0.1) is 0 Å². The van der Waals surface area contributed by atoms with E-state index >= 15 is 0 Å². The van der Waals surface area contributed by atoms with E-state index in [0.717, 1.165) is 47.3 Å². The Kier molecular flexibility index (Phi) is 6.85. The van der Waals surface area contributed by atoms with E-state index in [1.54, 1.807) is 6.07 Å². The Morgan fingerprint density at radius 2 is 1.69 bits per heavy atom. The number of fused-ring (bicyclic) bond motifs is 2. The maximum atomic E-state index is 14.9. The van der Waals surface area contributed by atoms with Crippen LogP contribution in [-0.2, 0) is 19.5 Å². The average Bonchev–Trinajstić information content (AvgIpc) is 2.97. The van der Waals surface area contributed by atoms with E-state index in [1.165, 1.54) is 16.3 Å². The van der Waals surface area contributed by atoms with E-state index in [1.807, 2.05) is 54.6 Å². The van der Waals surface area contributed by atoms with E-state index < -0.39 is 0 Å². The van der Waals surface area contributed by atoms with E-state index in [9.17, 15) is 9.18 Å². The third-order valence-electron chi connectivity index (χ3n) is 7.69. The first-order valence-electron chi connectivity index (χ1n) is 13.5. The summed E-state index contributed by atoms with van der Waals surface area (Å²) < 4.78 is 14.9. The van der Waals surface area contributed by atoms with Gasteiger partial charge >= 0.3 is 0 Å². The number of aryl methyl sites for hydroxylation is 2. The molecule has 1 aliphatic rings. The first-order valence-corrected chi connectivity index (χ1v) is 13.5. The van der Waals surface area contributed by atoms with Gasteiger partial charge in [0.25, 0.3) is 5.91 Å². The quantitative estimate of drug-likeness (QED) is 0.250. The fourth-order valence-electron chi connectivity index (χ4n) is 5.58. The molecule has 1 amide bonds. The summed E-state index contributed by atoms with van der Waals surface area (Å²) >= 11 is 0. The van der Waals surface area contributed by atoms with Gasteiger partial charge < -0.3 is 10.2 Å². The first kappa shape index (κ1) is 24.9. The van der Waals surface area contributed by atoms with E-state index in [0.29, 0.717) is 24.2 Å². The molecular formula is C35H31FN2O. The molecule has 4 heteroatoms. The molecule has 0 aliphatic carbocycles. The van der Waals surface area contributed by atoms with Crippen molar-refractivity contribution in [1.82, 2.24) is 5.32 Å². The smallest absolute Gasteiger partial charge is 0.251 e. The van der Waals surface area contributed by atoms with Crippen LogP contribution in [0.2, 0.25) is 0 Å². The van der Waals surface area contributed by atoms with Gasteiger partial charge in [-0.2, -0.15) is 0 Å². The zero-order valence-corrected chi connectivity index (χ0v) is 22.1. The van der Waals surface area contributed by atoms with Gasteiger partial charge in [-0.05, 0) is 94.8 Å². The average molecular weight is 515 g/mol. The number of nitrogens with zero attached hydrogens (tertiary/aromatic N) is 1. The van der Waals surface area contributed by atoms with Crippen molar-refractivity contribution in [2.75, 3.05) is 11.4 Å². The number of amides is 1. The minimum absolute atomic E-state index is 0.0833. The number of rotatable bonds is 6. The third kappa shape index (κ3) is 5.28. The second kappa shape index (κ2) is 10.7. The van der Waals surface area contributed by atoms with Crippen LogP contribution < -0.4 is 10.2 Å². The van der Waals surface area contributed by atoms with Crippen LogP contribution in [0.1, 0.15) is 39.0 Å². The number of carbonyl (C=O) groups excluding carboxylic acids is 1. The van der Waals surface area contributed by atoms with Crippen LogP contribution in [0.25, 0.3) is 21.9 Å². The standard InChI is InChI=1S/C35H31FN2O/c1-24-7-2-5-11-32(24)28-14-16-33(36)31(20-28)23-38-18-6-10-29-21-30(15-17-34(29)38)35(39)37-22-25-12-13-26-8-3-4-9-27(26)19-25/h2-5,7-9,11-17,19-21H,6,10,18,22-23H2,1H3,(H,37,39). The summed E-state index contributed by atoms with van der Waals surface area (Å²) in [6, 6.07) is 34.0. The highest BCUT2D eigenvalue weighted by atomic mass is 19.1. The molecule has 5 aromatic carbocycles. The molecule has 0 atom stereocenters. The maximum absolute atomic E-state index is 14.9. The zero-order chi connectivity index (χ0) is 26.8. The van der Waals surface area contributed by atoms with Crippen molar-refractivity contribution < 1.29 is 9.18 Å². The Hall–Kier alpha value is -4.44. The molecule has 6 rings (SSSR count). The summed E-state index contributed by atoms with van der Waals surface area (Å²) in [5.41, 5.74) is 7.94. The largest absolute Gasteiger partial charge is 0.367 e. The molecule has 0 bridgehead atoms. The SMILES string of the molecule is Cc1ccccc1-c1ccc(F)c(CN2CCCc3cc(C(=O)NCc4ccc5ccccc5c4)ccc32)c1. The molecule has 1 N–H and O–H groups in total. The number of hydrogen-bond donors (Lipinski definition) is 1. The highest BCUT2D eigenvalue weighted by molar-refractivity contribution is 5.95. The second-order valence-corrected chi connectivity index (χ2v) is 10.4. The maximum Gasteiger partial charge on any atom is 0.251 e. The Labute approximate surface area is 228 Å². The van der Waals surface area contributed by atoms with Gasteiger partial charge in [0, 0.05) is 36.4 Å². The molecule has 0 saturated heterocycles. The van der Waals surface area contributed by atoms with Crippen LogP contribution in [0.5, 0.6) is 0 Å². The van der Waals surface area contributed by atoms with Gasteiger partial charge in [-0.15, -0.1) is 0 Å². The Bertz CT molecular complexity index is 1680. The highest BCUT2D eigenvalue weighted by Crippen LogP contribution is 2.31. The molecule has 0 radical (unpaired) electrons. The lowest BCUT2D eigenvalue weighted by atomic mass is 9.96. The topological polar surface area (TPSA) is 32.3 Å². The summed E-state index contributed by atoms with van der Waals surface area (Å²) in [4.78, 5) is 15.2. The monoisotopic (exact) mass is 514 g/mol. The predicted octanol–water partition coefficient (Wildman–Crippen LogP) is 7.84. The summed E-state index contributed by atoms with van der Waals surface area (Å²) in [6.07, 6.45) is 1.87. The van der Waals surface area contributed by atoms with Gasteiger partial charge in [-0.1, -0.05) is 66.7 Å². The number of hydrogen-bond acceptors (Lipinski definition) is 2.